The molecule has 0 aliphatic heterocycles. The van der Waals surface area contributed by atoms with Gasteiger partial charge in [-0.05, 0) is 13.0 Å². The van der Waals surface area contributed by atoms with Crippen molar-refractivity contribution in [2.75, 3.05) is 0 Å². The van der Waals surface area contributed by atoms with Gasteiger partial charge in [0, 0.05) is 13.0 Å². The van der Waals surface area contributed by atoms with Gasteiger partial charge in [0.2, 0.25) is 5.75 Å². The molecule has 0 unspecified atom stereocenters. The SMILES string of the molecule is Cc1c[n+]2c(C)ccc(O)c2s1.[Na+]. The molecule has 2 nitrogen and oxygen atoms in total. The molecule has 2 heterocycles. The van der Waals surface area contributed by atoms with Crippen LogP contribution in [0.4, 0.5) is 0 Å². The van der Waals surface area contributed by atoms with Crippen LogP contribution in [0.15, 0.2) is 18.3 Å². The fourth-order valence-electron chi connectivity index (χ4n) is 1.26. The Kier molecular flexibility index (Phi) is 3.35. The monoisotopic (exact) mass is 203 g/mol. The van der Waals surface area contributed by atoms with Crippen molar-refractivity contribution in [1.82, 2.24) is 0 Å². The molecule has 2 aromatic heterocycles. The second kappa shape index (κ2) is 3.96. The van der Waals surface area contributed by atoms with E-state index in [0.29, 0.717) is 5.75 Å². The van der Waals surface area contributed by atoms with Crippen molar-refractivity contribution in [2.45, 2.75) is 13.8 Å². The summed E-state index contributed by atoms with van der Waals surface area (Å²) in [6.45, 7) is 4.06. The number of hydrogen-bond donors (Lipinski definition) is 1. The summed E-state index contributed by atoms with van der Waals surface area (Å²) in [4.78, 5) is 2.13. The third kappa shape index (κ3) is 1.89. The molecule has 62 valence electrons. The molecule has 0 aromatic carbocycles. The second-order valence-corrected chi connectivity index (χ2v) is 4.11. The normalized spacial score (nSPS) is 10.0. The Hall–Kier alpha value is -0.0900. The Morgan fingerprint density at radius 1 is 1.31 bits per heavy atom. The molecule has 0 amide bonds. The van der Waals surface area contributed by atoms with Crippen LogP contribution in [-0.4, -0.2) is 5.11 Å². The van der Waals surface area contributed by atoms with Crippen LogP contribution in [0.1, 0.15) is 10.6 Å². The van der Waals surface area contributed by atoms with E-state index in [0.717, 1.165) is 10.5 Å². The molecule has 13 heavy (non-hydrogen) atoms. The van der Waals surface area contributed by atoms with Gasteiger partial charge in [0.15, 0.2) is 11.9 Å². The van der Waals surface area contributed by atoms with Gasteiger partial charge in [-0.15, -0.1) is 0 Å². The van der Waals surface area contributed by atoms with E-state index in [9.17, 15) is 5.11 Å². The minimum Gasteiger partial charge on any atom is -0.502 e. The average molecular weight is 203 g/mol. The Labute approximate surface area is 103 Å². The first-order valence-corrected chi connectivity index (χ1v) is 4.60. The van der Waals surface area contributed by atoms with Gasteiger partial charge in [-0.25, -0.2) is 0 Å². The van der Waals surface area contributed by atoms with Gasteiger partial charge < -0.3 is 5.11 Å². The van der Waals surface area contributed by atoms with E-state index in [2.05, 4.69) is 0 Å². The summed E-state index contributed by atoms with van der Waals surface area (Å²) in [6, 6.07) is 3.65. The van der Waals surface area contributed by atoms with Crippen LogP contribution < -0.4 is 34.0 Å². The largest absolute Gasteiger partial charge is 1.00 e. The summed E-state index contributed by atoms with van der Waals surface area (Å²) in [6.07, 6.45) is 2.04. The summed E-state index contributed by atoms with van der Waals surface area (Å²) < 4.78 is 2.01. The number of pyridine rings is 1. The van der Waals surface area contributed by atoms with Crippen molar-refractivity contribution >= 4 is 16.2 Å². The van der Waals surface area contributed by atoms with Crippen LogP contribution in [0.25, 0.3) is 4.83 Å². The second-order valence-electron chi connectivity index (χ2n) is 2.88. The molecular weight excluding hydrogens is 193 g/mol. The molecule has 0 atom stereocenters. The standard InChI is InChI=1S/C9H9NOS.Na/c1-6-3-4-8(11)9-10(6)5-7(2)12-9;/h3-5H,1-2H3;/q;+1/p+1. The van der Waals surface area contributed by atoms with E-state index in [1.54, 1.807) is 17.4 Å². The van der Waals surface area contributed by atoms with E-state index in [-0.39, 0.29) is 29.6 Å². The van der Waals surface area contributed by atoms with Gasteiger partial charge >= 0.3 is 34.4 Å². The molecule has 0 fully saturated rings. The van der Waals surface area contributed by atoms with Gasteiger partial charge in [0.25, 0.3) is 0 Å². The summed E-state index contributed by atoms with van der Waals surface area (Å²) in [5.74, 6) is 0.360. The Balaban J connectivity index is 0.000000845. The number of aromatic hydroxyl groups is 1. The smallest absolute Gasteiger partial charge is 0.502 e. The topological polar surface area (TPSA) is 24.3 Å². The summed E-state index contributed by atoms with van der Waals surface area (Å²) >= 11 is 1.61. The molecule has 0 saturated heterocycles. The molecule has 0 aliphatic rings. The molecule has 0 bridgehead atoms. The number of aromatic nitrogens is 1. The minimum absolute atomic E-state index is 0. The Morgan fingerprint density at radius 2 is 2.00 bits per heavy atom. The third-order valence-electron chi connectivity index (χ3n) is 1.87. The van der Waals surface area contributed by atoms with Crippen LogP contribution in [0.5, 0.6) is 5.75 Å². The maximum absolute atomic E-state index is 9.50. The molecule has 0 saturated carbocycles. The van der Waals surface area contributed by atoms with Crippen molar-refractivity contribution in [2.24, 2.45) is 0 Å². The van der Waals surface area contributed by atoms with Crippen molar-refractivity contribution in [3.05, 3.63) is 28.9 Å². The zero-order chi connectivity index (χ0) is 8.72. The number of nitrogens with zero attached hydrogens (tertiary/aromatic N) is 1. The van der Waals surface area contributed by atoms with Gasteiger partial charge in [0.1, 0.15) is 0 Å². The number of hydrogen-bond acceptors (Lipinski definition) is 2. The molecule has 1 N–H and O–H groups in total. The average Bonchev–Trinajstić information content (AvgIpc) is 2.41. The van der Waals surface area contributed by atoms with Crippen molar-refractivity contribution in [1.29, 1.82) is 0 Å². The van der Waals surface area contributed by atoms with Crippen LogP contribution in [0, 0.1) is 13.8 Å². The fourth-order valence-corrected chi connectivity index (χ4v) is 2.19. The Morgan fingerprint density at radius 3 is 2.62 bits per heavy atom. The predicted molar refractivity (Wildman–Crippen MR) is 48.6 cm³/mol. The summed E-state index contributed by atoms with van der Waals surface area (Å²) in [5.41, 5.74) is 1.15. The van der Waals surface area contributed by atoms with Crippen LogP contribution in [0.2, 0.25) is 0 Å². The number of rotatable bonds is 0. The van der Waals surface area contributed by atoms with Gasteiger partial charge in [-0.3, -0.25) is 0 Å². The van der Waals surface area contributed by atoms with E-state index in [4.69, 9.17) is 0 Å². The molecular formula is C9H10NNaOS+2. The van der Waals surface area contributed by atoms with Crippen molar-refractivity contribution in [3.63, 3.8) is 0 Å². The van der Waals surface area contributed by atoms with Gasteiger partial charge in [-0.2, -0.15) is 4.40 Å². The number of aryl methyl sites for hydroxylation is 2. The van der Waals surface area contributed by atoms with E-state index in [1.807, 2.05) is 30.5 Å². The Bertz CT molecular complexity index is 399. The number of fused-ring (bicyclic) bond motifs is 1. The van der Waals surface area contributed by atoms with Crippen LogP contribution in [0.3, 0.4) is 0 Å². The van der Waals surface area contributed by atoms with Crippen LogP contribution >= 0.6 is 11.3 Å². The molecule has 0 aliphatic carbocycles. The predicted octanol–water partition coefficient (Wildman–Crippen LogP) is -1.19. The maximum Gasteiger partial charge on any atom is 1.00 e. The zero-order valence-electron chi connectivity index (χ0n) is 8.03. The summed E-state index contributed by atoms with van der Waals surface area (Å²) in [7, 11) is 0. The van der Waals surface area contributed by atoms with Crippen molar-refractivity contribution in [3.8, 4) is 5.75 Å². The molecule has 0 radical (unpaired) electrons. The fraction of sp³-hybridized carbons (Fsp3) is 0.222. The van der Waals surface area contributed by atoms with Gasteiger partial charge in [0.05, 0.1) is 4.88 Å². The van der Waals surface area contributed by atoms with Crippen LogP contribution in [-0.2, 0) is 0 Å². The first-order chi connectivity index (χ1) is 5.68. The maximum atomic E-state index is 9.50. The molecule has 2 rings (SSSR count). The molecule has 4 heteroatoms. The number of thiazole rings is 1. The van der Waals surface area contributed by atoms with E-state index >= 15 is 0 Å². The first-order valence-electron chi connectivity index (χ1n) is 3.79. The van der Waals surface area contributed by atoms with E-state index in [1.165, 1.54) is 4.88 Å². The first kappa shape index (κ1) is 11.0. The molecule has 2 aromatic rings. The quantitative estimate of drug-likeness (QED) is 0.423. The molecule has 0 spiro atoms. The summed E-state index contributed by atoms with van der Waals surface area (Å²) in [5, 5.41) is 9.50. The zero-order valence-corrected chi connectivity index (χ0v) is 10.9. The van der Waals surface area contributed by atoms with Crippen molar-refractivity contribution < 1.29 is 39.1 Å². The van der Waals surface area contributed by atoms with Gasteiger partial charge in [-0.1, -0.05) is 11.3 Å². The van der Waals surface area contributed by atoms with E-state index < -0.39 is 0 Å². The minimum atomic E-state index is 0. The third-order valence-corrected chi connectivity index (χ3v) is 2.90.